The van der Waals surface area contributed by atoms with Gasteiger partial charge in [-0.1, -0.05) is 6.42 Å². The lowest BCUT2D eigenvalue weighted by Crippen LogP contribution is -2.34. The van der Waals surface area contributed by atoms with Gasteiger partial charge in [-0.3, -0.25) is 4.79 Å². The Morgan fingerprint density at radius 3 is 3.00 bits per heavy atom. The quantitative estimate of drug-likeness (QED) is 0.615. The fourth-order valence-corrected chi connectivity index (χ4v) is 2.92. The molecular weight excluding hydrogens is 166 g/mol. The molecule has 1 saturated carbocycles. The van der Waals surface area contributed by atoms with Gasteiger partial charge in [0, 0.05) is 6.54 Å². The largest absolute Gasteiger partial charge is 0.469 e. The summed E-state index contributed by atoms with van der Waals surface area (Å²) < 4.78 is 4.85. The zero-order valence-electron chi connectivity index (χ0n) is 8.14. The second-order valence-corrected chi connectivity index (χ2v) is 4.26. The van der Waals surface area contributed by atoms with Crippen molar-refractivity contribution in [3.63, 3.8) is 0 Å². The Morgan fingerprint density at radius 1 is 1.54 bits per heavy atom. The molecule has 2 rings (SSSR count). The first kappa shape index (κ1) is 9.00. The van der Waals surface area contributed by atoms with Crippen LogP contribution in [0.4, 0.5) is 0 Å². The number of rotatable bonds is 1. The summed E-state index contributed by atoms with van der Waals surface area (Å²) in [6, 6.07) is 0. The normalized spacial score (nSPS) is 38.4. The SMILES string of the molecule is COC(=O)C1CCCC12CCNC2. The van der Waals surface area contributed by atoms with E-state index in [0.29, 0.717) is 0 Å². The van der Waals surface area contributed by atoms with E-state index < -0.39 is 0 Å². The molecule has 1 aliphatic carbocycles. The van der Waals surface area contributed by atoms with E-state index in [4.69, 9.17) is 4.74 Å². The maximum absolute atomic E-state index is 11.5. The molecule has 0 radical (unpaired) electrons. The van der Waals surface area contributed by atoms with Gasteiger partial charge >= 0.3 is 5.97 Å². The minimum Gasteiger partial charge on any atom is -0.469 e. The van der Waals surface area contributed by atoms with Crippen molar-refractivity contribution in [3.05, 3.63) is 0 Å². The van der Waals surface area contributed by atoms with Gasteiger partial charge in [0.1, 0.15) is 0 Å². The van der Waals surface area contributed by atoms with E-state index in [-0.39, 0.29) is 17.3 Å². The van der Waals surface area contributed by atoms with Crippen LogP contribution in [0.1, 0.15) is 25.7 Å². The van der Waals surface area contributed by atoms with Crippen LogP contribution in [0.2, 0.25) is 0 Å². The van der Waals surface area contributed by atoms with Crippen LogP contribution in [0, 0.1) is 11.3 Å². The molecule has 2 atom stereocenters. The highest BCUT2D eigenvalue weighted by atomic mass is 16.5. The van der Waals surface area contributed by atoms with E-state index in [9.17, 15) is 4.79 Å². The van der Waals surface area contributed by atoms with Gasteiger partial charge in [0.15, 0.2) is 0 Å². The molecule has 2 aliphatic rings. The summed E-state index contributed by atoms with van der Waals surface area (Å²) in [5.41, 5.74) is 0.243. The van der Waals surface area contributed by atoms with E-state index in [0.717, 1.165) is 25.9 Å². The van der Waals surface area contributed by atoms with E-state index in [2.05, 4.69) is 5.32 Å². The van der Waals surface area contributed by atoms with Crippen molar-refractivity contribution in [2.45, 2.75) is 25.7 Å². The summed E-state index contributed by atoms with van der Waals surface area (Å²) in [5, 5.41) is 3.36. The fraction of sp³-hybridized carbons (Fsp3) is 0.900. The summed E-state index contributed by atoms with van der Waals surface area (Å²) in [5.74, 6) is 0.161. The zero-order chi connectivity index (χ0) is 9.31. The third-order valence-electron chi connectivity index (χ3n) is 3.67. The van der Waals surface area contributed by atoms with Gasteiger partial charge in [-0.25, -0.2) is 0 Å². The number of hydrogen-bond acceptors (Lipinski definition) is 3. The van der Waals surface area contributed by atoms with Crippen molar-refractivity contribution < 1.29 is 9.53 Å². The number of hydrogen-bond donors (Lipinski definition) is 1. The lowest BCUT2D eigenvalue weighted by atomic mass is 9.77. The van der Waals surface area contributed by atoms with E-state index in [1.807, 2.05) is 0 Å². The molecule has 3 heteroatoms. The summed E-state index contributed by atoms with van der Waals surface area (Å²) in [4.78, 5) is 11.5. The topological polar surface area (TPSA) is 38.3 Å². The molecular formula is C10H17NO2. The molecule has 0 aromatic rings. The lowest BCUT2D eigenvalue weighted by Gasteiger charge is -2.28. The number of carbonyl (C=O) groups excluding carboxylic acids is 1. The number of esters is 1. The van der Waals surface area contributed by atoms with Gasteiger partial charge in [-0.15, -0.1) is 0 Å². The molecule has 1 spiro atoms. The Bertz CT molecular complexity index is 203. The van der Waals surface area contributed by atoms with Crippen molar-refractivity contribution >= 4 is 5.97 Å². The monoisotopic (exact) mass is 183 g/mol. The van der Waals surface area contributed by atoms with E-state index >= 15 is 0 Å². The molecule has 1 saturated heterocycles. The first-order chi connectivity index (χ1) is 6.28. The van der Waals surface area contributed by atoms with Crippen molar-refractivity contribution in [3.8, 4) is 0 Å². The first-order valence-electron chi connectivity index (χ1n) is 5.07. The average molecular weight is 183 g/mol. The Morgan fingerprint density at radius 2 is 2.38 bits per heavy atom. The van der Waals surface area contributed by atoms with Gasteiger partial charge in [-0.05, 0) is 31.2 Å². The summed E-state index contributed by atoms with van der Waals surface area (Å²) >= 11 is 0. The lowest BCUT2D eigenvalue weighted by molar-refractivity contribution is -0.148. The molecule has 1 aliphatic heterocycles. The van der Waals surface area contributed by atoms with Gasteiger partial charge in [0.25, 0.3) is 0 Å². The fourth-order valence-electron chi connectivity index (χ4n) is 2.92. The minimum atomic E-state index is 0.00111. The molecule has 0 aromatic heterocycles. The second kappa shape index (κ2) is 3.29. The molecule has 1 heterocycles. The van der Waals surface area contributed by atoms with Gasteiger partial charge in [0.2, 0.25) is 0 Å². The van der Waals surface area contributed by atoms with Crippen LogP contribution in [0.5, 0.6) is 0 Å². The highest BCUT2D eigenvalue weighted by molar-refractivity contribution is 5.73. The van der Waals surface area contributed by atoms with Crippen LogP contribution < -0.4 is 5.32 Å². The van der Waals surface area contributed by atoms with Crippen LogP contribution in [-0.2, 0) is 9.53 Å². The molecule has 74 valence electrons. The van der Waals surface area contributed by atoms with Crippen LogP contribution in [0.3, 0.4) is 0 Å². The summed E-state index contributed by atoms with van der Waals surface area (Å²) in [6.07, 6.45) is 4.54. The zero-order valence-corrected chi connectivity index (χ0v) is 8.14. The predicted octanol–water partition coefficient (Wildman–Crippen LogP) is 0.939. The Kier molecular flexibility index (Phi) is 2.28. The standard InChI is InChI=1S/C10H17NO2/c1-13-9(12)8-3-2-4-10(8)5-6-11-7-10/h8,11H,2-7H2,1H3. The summed E-state index contributed by atoms with van der Waals surface area (Å²) in [6.45, 7) is 2.07. The van der Waals surface area contributed by atoms with Crippen molar-refractivity contribution in [2.75, 3.05) is 20.2 Å². The highest BCUT2D eigenvalue weighted by Gasteiger charge is 2.48. The number of ether oxygens (including phenoxy) is 1. The van der Waals surface area contributed by atoms with Gasteiger partial charge in [0.05, 0.1) is 13.0 Å². The maximum Gasteiger partial charge on any atom is 0.309 e. The number of carbonyl (C=O) groups is 1. The molecule has 0 amide bonds. The molecule has 3 nitrogen and oxygen atoms in total. The second-order valence-electron chi connectivity index (χ2n) is 4.26. The maximum atomic E-state index is 11.5. The van der Waals surface area contributed by atoms with Crippen LogP contribution in [0.25, 0.3) is 0 Å². The first-order valence-corrected chi connectivity index (χ1v) is 5.07. The van der Waals surface area contributed by atoms with Crippen molar-refractivity contribution in [1.29, 1.82) is 0 Å². The van der Waals surface area contributed by atoms with Crippen LogP contribution >= 0.6 is 0 Å². The minimum absolute atomic E-state index is 0.00111. The van der Waals surface area contributed by atoms with Crippen molar-refractivity contribution in [2.24, 2.45) is 11.3 Å². The molecule has 0 aromatic carbocycles. The number of methoxy groups -OCH3 is 1. The van der Waals surface area contributed by atoms with Crippen LogP contribution in [0.15, 0.2) is 0 Å². The molecule has 2 unspecified atom stereocenters. The third kappa shape index (κ3) is 1.35. The smallest absolute Gasteiger partial charge is 0.309 e. The molecule has 13 heavy (non-hydrogen) atoms. The van der Waals surface area contributed by atoms with E-state index in [1.54, 1.807) is 0 Å². The van der Waals surface area contributed by atoms with Crippen LogP contribution in [-0.4, -0.2) is 26.2 Å². The van der Waals surface area contributed by atoms with Gasteiger partial charge in [-0.2, -0.15) is 0 Å². The Labute approximate surface area is 78.8 Å². The van der Waals surface area contributed by atoms with Gasteiger partial charge < -0.3 is 10.1 Å². The average Bonchev–Trinajstić information content (AvgIpc) is 2.76. The van der Waals surface area contributed by atoms with E-state index in [1.165, 1.54) is 20.0 Å². The molecule has 1 N–H and O–H groups in total. The Balaban J connectivity index is 2.13. The predicted molar refractivity (Wildman–Crippen MR) is 49.3 cm³/mol. The highest BCUT2D eigenvalue weighted by Crippen LogP contribution is 2.47. The molecule has 0 bridgehead atoms. The number of nitrogens with one attached hydrogen (secondary N) is 1. The summed E-state index contributed by atoms with van der Waals surface area (Å²) in [7, 11) is 1.50. The third-order valence-corrected chi connectivity index (χ3v) is 3.67. The van der Waals surface area contributed by atoms with Crippen molar-refractivity contribution in [1.82, 2.24) is 5.32 Å². The molecule has 2 fully saturated rings. The Hall–Kier alpha value is -0.570.